The van der Waals surface area contributed by atoms with Gasteiger partial charge in [-0.05, 0) is 17.7 Å². The number of hydrogen-bond acceptors (Lipinski definition) is 1. The first kappa shape index (κ1) is 10.7. The lowest BCUT2D eigenvalue weighted by atomic mass is 10.1. The van der Waals surface area contributed by atoms with E-state index in [9.17, 15) is 22.4 Å². The van der Waals surface area contributed by atoms with Gasteiger partial charge in [-0.15, -0.1) is 0 Å². The first-order chi connectivity index (χ1) is 6.45. The van der Waals surface area contributed by atoms with Gasteiger partial charge in [0.1, 0.15) is 0 Å². The molecule has 1 nitrogen and oxygen atoms in total. The third-order valence-corrected chi connectivity index (χ3v) is 1.68. The lowest BCUT2D eigenvalue weighted by Gasteiger charge is -2.07. The van der Waals surface area contributed by atoms with Crippen molar-refractivity contribution in [1.82, 2.24) is 0 Å². The molecule has 0 heterocycles. The van der Waals surface area contributed by atoms with E-state index in [1.54, 1.807) is 0 Å². The Labute approximate surface area is 77.3 Å². The quantitative estimate of drug-likeness (QED) is 0.537. The first-order valence-corrected chi connectivity index (χ1v) is 3.71. The van der Waals surface area contributed by atoms with Crippen LogP contribution in [0.15, 0.2) is 24.3 Å². The molecule has 0 aliphatic heterocycles. The van der Waals surface area contributed by atoms with E-state index in [4.69, 9.17) is 0 Å². The Hall–Kier alpha value is -1.39. The molecular formula is C9H6F4O. The van der Waals surface area contributed by atoms with Crippen molar-refractivity contribution in [2.75, 3.05) is 0 Å². The smallest absolute Gasteiger partial charge is 0.300 e. The SMILES string of the molecule is O=CC(F)c1ccc(C(F)(F)F)cc1. The van der Waals surface area contributed by atoms with E-state index in [-0.39, 0.29) is 11.8 Å². The summed E-state index contributed by atoms with van der Waals surface area (Å²) in [7, 11) is 0. The molecule has 1 aromatic rings. The molecule has 0 saturated heterocycles. The number of benzene rings is 1. The minimum absolute atomic E-state index is 0.0304. The Morgan fingerprint density at radius 1 is 1.14 bits per heavy atom. The number of alkyl halides is 4. The highest BCUT2D eigenvalue weighted by molar-refractivity contribution is 5.59. The fraction of sp³-hybridized carbons (Fsp3) is 0.222. The summed E-state index contributed by atoms with van der Waals surface area (Å²) in [5, 5.41) is 0. The van der Waals surface area contributed by atoms with Crippen LogP contribution < -0.4 is 0 Å². The van der Waals surface area contributed by atoms with Gasteiger partial charge in [-0.2, -0.15) is 13.2 Å². The zero-order valence-electron chi connectivity index (χ0n) is 6.88. The normalized spacial score (nSPS) is 13.7. The predicted octanol–water partition coefficient (Wildman–Crippen LogP) is 2.91. The molecular weight excluding hydrogens is 200 g/mol. The van der Waals surface area contributed by atoms with E-state index in [0.29, 0.717) is 0 Å². The maximum atomic E-state index is 12.6. The van der Waals surface area contributed by atoms with E-state index >= 15 is 0 Å². The Bertz CT molecular complexity index is 315. The van der Waals surface area contributed by atoms with Crippen LogP contribution in [0.3, 0.4) is 0 Å². The van der Waals surface area contributed by atoms with Crippen LogP contribution in [0, 0.1) is 0 Å². The Morgan fingerprint density at radius 2 is 1.64 bits per heavy atom. The number of carbonyl (C=O) groups is 1. The summed E-state index contributed by atoms with van der Waals surface area (Å²) >= 11 is 0. The number of aldehydes is 1. The van der Waals surface area contributed by atoms with Gasteiger partial charge in [-0.1, -0.05) is 12.1 Å². The molecule has 0 saturated carbocycles. The highest BCUT2D eigenvalue weighted by Crippen LogP contribution is 2.30. The van der Waals surface area contributed by atoms with Crippen LogP contribution in [0.4, 0.5) is 17.6 Å². The monoisotopic (exact) mass is 206 g/mol. The van der Waals surface area contributed by atoms with Gasteiger partial charge in [0.15, 0.2) is 12.5 Å². The summed E-state index contributed by atoms with van der Waals surface area (Å²) < 4.78 is 48.8. The second-order valence-corrected chi connectivity index (χ2v) is 2.66. The fourth-order valence-electron chi connectivity index (χ4n) is 0.935. The summed E-state index contributed by atoms with van der Waals surface area (Å²) in [6.07, 6.45) is -6.27. The van der Waals surface area contributed by atoms with Crippen LogP contribution >= 0.6 is 0 Å². The molecule has 0 aliphatic carbocycles. The highest BCUT2D eigenvalue weighted by atomic mass is 19.4. The van der Waals surface area contributed by atoms with Crippen molar-refractivity contribution in [3.63, 3.8) is 0 Å². The van der Waals surface area contributed by atoms with Gasteiger partial charge in [0, 0.05) is 0 Å². The molecule has 0 spiro atoms. The molecule has 1 atom stereocenters. The van der Waals surface area contributed by atoms with Crippen molar-refractivity contribution in [3.05, 3.63) is 35.4 Å². The van der Waals surface area contributed by atoms with Crippen molar-refractivity contribution < 1.29 is 22.4 Å². The zero-order chi connectivity index (χ0) is 10.8. The molecule has 0 fully saturated rings. The second-order valence-electron chi connectivity index (χ2n) is 2.66. The van der Waals surface area contributed by atoms with Crippen LogP contribution in [-0.4, -0.2) is 6.29 Å². The lowest BCUT2D eigenvalue weighted by Crippen LogP contribution is -2.05. The third kappa shape index (κ3) is 2.31. The van der Waals surface area contributed by atoms with Crippen LogP contribution in [0.5, 0.6) is 0 Å². The average Bonchev–Trinajstić information content (AvgIpc) is 2.15. The van der Waals surface area contributed by atoms with Crippen LogP contribution in [0.1, 0.15) is 17.3 Å². The van der Waals surface area contributed by atoms with E-state index in [1.807, 2.05) is 0 Å². The second kappa shape index (κ2) is 3.77. The molecule has 1 aromatic carbocycles. The van der Waals surface area contributed by atoms with E-state index in [1.165, 1.54) is 0 Å². The summed E-state index contributed by atoms with van der Waals surface area (Å²) in [4.78, 5) is 9.99. The van der Waals surface area contributed by atoms with Gasteiger partial charge in [0.2, 0.25) is 0 Å². The largest absolute Gasteiger partial charge is 0.416 e. The first-order valence-electron chi connectivity index (χ1n) is 3.71. The van der Waals surface area contributed by atoms with Crippen molar-refractivity contribution in [3.8, 4) is 0 Å². The molecule has 0 radical (unpaired) electrons. The molecule has 14 heavy (non-hydrogen) atoms. The molecule has 76 valence electrons. The van der Waals surface area contributed by atoms with Gasteiger partial charge in [-0.3, -0.25) is 4.79 Å². The highest BCUT2D eigenvalue weighted by Gasteiger charge is 2.30. The topological polar surface area (TPSA) is 17.1 Å². The van der Waals surface area contributed by atoms with Gasteiger partial charge in [0.25, 0.3) is 0 Å². The minimum atomic E-state index is -4.44. The Kier molecular flexibility index (Phi) is 2.88. The summed E-state index contributed by atoms with van der Waals surface area (Å²) in [6.45, 7) is 0. The van der Waals surface area contributed by atoms with Crippen molar-refractivity contribution >= 4 is 6.29 Å². The summed E-state index contributed by atoms with van der Waals surface area (Å²) in [5.41, 5.74) is -0.938. The van der Waals surface area contributed by atoms with E-state index in [2.05, 4.69) is 0 Å². The summed E-state index contributed by atoms with van der Waals surface area (Å²) in [5.74, 6) is 0. The molecule has 0 aromatic heterocycles. The van der Waals surface area contributed by atoms with Gasteiger partial charge >= 0.3 is 6.18 Å². The van der Waals surface area contributed by atoms with Crippen molar-refractivity contribution in [2.24, 2.45) is 0 Å². The maximum Gasteiger partial charge on any atom is 0.416 e. The Balaban J connectivity index is 2.95. The number of hydrogen-bond donors (Lipinski definition) is 0. The van der Waals surface area contributed by atoms with Gasteiger partial charge in [-0.25, -0.2) is 4.39 Å². The summed E-state index contributed by atoms with van der Waals surface area (Å²) in [6, 6.07) is 3.38. The maximum absolute atomic E-state index is 12.6. The molecule has 0 aliphatic rings. The third-order valence-electron chi connectivity index (χ3n) is 1.68. The van der Waals surface area contributed by atoms with Gasteiger partial charge in [0.05, 0.1) is 5.56 Å². The number of halogens is 4. The van der Waals surface area contributed by atoms with E-state index in [0.717, 1.165) is 24.3 Å². The standard InChI is InChI=1S/C9H6F4O/c10-8(5-14)6-1-3-7(4-2-6)9(11,12)13/h1-5,8H. The number of carbonyl (C=O) groups excluding carboxylic acids is 1. The molecule has 0 bridgehead atoms. The molecule has 0 amide bonds. The van der Waals surface area contributed by atoms with Crippen molar-refractivity contribution in [1.29, 1.82) is 0 Å². The molecule has 0 N–H and O–H groups in total. The minimum Gasteiger partial charge on any atom is -0.300 e. The van der Waals surface area contributed by atoms with Gasteiger partial charge < -0.3 is 0 Å². The molecule has 5 heteroatoms. The van der Waals surface area contributed by atoms with Crippen molar-refractivity contribution in [2.45, 2.75) is 12.3 Å². The molecule has 1 rings (SSSR count). The lowest BCUT2D eigenvalue weighted by molar-refractivity contribution is -0.137. The van der Waals surface area contributed by atoms with Crippen LogP contribution in [-0.2, 0) is 11.0 Å². The van der Waals surface area contributed by atoms with Crippen LogP contribution in [0.25, 0.3) is 0 Å². The molecule has 1 unspecified atom stereocenters. The average molecular weight is 206 g/mol. The number of rotatable bonds is 2. The van der Waals surface area contributed by atoms with Crippen LogP contribution in [0.2, 0.25) is 0 Å². The van der Waals surface area contributed by atoms with E-state index < -0.39 is 17.9 Å². The zero-order valence-corrected chi connectivity index (χ0v) is 6.88. The fourth-order valence-corrected chi connectivity index (χ4v) is 0.935. The predicted molar refractivity (Wildman–Crippen MR) is 41.4 cm³/mol. The Morgan fingerprint density at radius 3 is 2.00 bits per heavy atom.